The van der Waals surface area contributed by atoms with Gasteiger partial charge in [0.2, 0.25) is 0 Å². The van der Waals surface area contributed by atoms with Gasteiger partial charge in [-0.25, -0.2) is 28.1 Å². The molecule has 2 aliphatic rings. The maximum Gasteiger partial charge on any atom is 0.251 e. The Morgan fingerprint density at radius 3 is 2.62 bits per heavy atom. The summed E-state index contributed by atoms with van der Waals surface area (Å²) in [5, 5.41) is 0.724. The van der Waals surface area contributed by atoms with Gasteiger partial charge >= 0.3 is 0 Å². The molecular weight excluding hydrogens is 450 g/mol. The fourth-order valence-electron chi connectivity index (χ4n) is 3.85. The van der Waals surface area contributed by atoms with E-state index in [4.69, 9.17) is 14.5 Å². The minimum absolute atomic E-state index is 0.0931. The van der Waals surface area contributed by atoms with Crippen LogP contribution in [-0.4, -0.2) is 62.5 Å². The molecule has 0 bridgehead atoms. The van der Waals surface area contributed by atoms with Crippen LogP contribution in [0.15, 0.2) is 16.5 Å². The quantitative estimate of drug-likeness (QED) is 0.643. The van der Waals surface area contributed by atoms with Crippen LogP contribution in [0.25, 0.3) is 0 Å². The third-order valence-electron chi connectivity index (χ3n) is 5.69. The molecule has 2 aliphatic heterocycles. The van der Waals surface area contributed by atoms with Crippen molar-refractivity contribution in [2.24, 2.45) is 0 Å². The molecule has 0 atom stereocenters. The number of sulfonamides is 1. The highest BCUT2D eigenvalue weighted by Crippen LogP contribution is 2.32. The number of aromatic nitrogens is 3. The zero-order valence-electron chi connectivity index (χ0n) is 18.8. The zero-order chi connectivity index (χ0) is 22.7. The minimum Gasteiger partial charge on any atom is -0.351 e. The number of ether oxygens (including phenoxy) is 2. The van der Waals surface area contributed by atoms with Gasteiger partial charge in [-0.15, -0.1) is 0 Å². The monoisotopic (exact) mass is 481 g/mol. The lowest BCUT2D eigenvalue weighted by molar-refractivity contribution is -0.173. The molecule has 32 heavy (non-hydrogen) atoms. The zero-order valence-corrected chi connectivity index (χ0v) is 20.4. The summed E-state index contributed by atoms with van der Waals surface area (Å²) in [6.07, 6.45) is 3.54. The van der Waals surface area contributed by atoms with E-state index >= 15 is 0 Å². The normalized spacial score (nSPS) is 19.1. The molecule has 2 aromatic rings. The topological polar surface area (TPSA) is 107 Å². The van der Waals surface area contributed by atoms with E-state index in [-0.39, 0.29) is 10.8 Å². The van der Waals surface area contributed by atoms with E-state index in [0.29, 0.717) is 25.0 Å². The second-order valence-electron chi connectivity index (χ2n) is 8.55. The van der Waals surface area contributed by atoms with Crippen molar-refractivity contribution >= 4 is 26.5 Å². The molecule has 0 radical (unpaired) electrons. The van der Waals surface area contributed by atoms with Crippen LogP contribution in [0.2, 0.25) is 0 Å². The molecule has 2 aromatic heterocycles. The number of hydrogen-bond donors (Lipinski definition) is 1. The highest BCUT2D eigenvalue weighted by atomic mass is 32.2. The van der Waals surface area contributed by atoms with Crippen LogP contribution in [0.1, 0.15) is 62.2 Å². The van der Waals surface area contributed by atoms with Crippen LogP contribution in [0.5, 0.6) is 0 Å². The molecule has 0 spiro atoms. The van der Waals surface area contributed by atoms with Gasteiger partial charge in [0, 0.05) is 30.4 Å². The summed E-state index contributed by atoms with van der Waals surface area (Å²) in [5.41, 5.74) is 2.09. The molecule has 4 rings (SSSR count). The van der Waals surface area contributed by atoms with Gasteiger partial charge in [0.25, 0.3) is 10.0 Å². The number of thiazole rings is 1. The SMILES string of the molecule is Cc1cc(C(C)C)nc(C2CCN(c3ncc(S(=O)(=O)NCC4OCCCO4)s3)CC2)n1. The Labute approximate surface area is 193 Å². The first kappa shape index (κ1) is 23.5. The third kappa shape index (κ3) is 5.63. The predicted molar refractivity (Wildman–Crippen MR) is 123 cm³/mol. The van der Waals surface area contributed by atoms with Crippen molar-refractivity contribution in [2.45, 2.75) is 62.4 Å². The third-order valence-corrected chi connectivity index (χ3v) is 8.63. The molecule has 2 saturated heterocycles. The van der Waals surface area contributed by atoms with E-state index in [2.05, 4.69) is 39.5 Å². The Morgan fingerprint density at radius 2 is 1.94 bits per heavy atom. The lowest BCUT2D eigenvalue weighted by Gasteiger charge is -2.31. The smallest absolute Gasteiger partial charge is 0.251 e. The Balaban J connectivity index is 1.35. The van der Waals surface area contributed by atoms with Crippen LogP contribution in [-0.2, 0) is 19.5 Å². The molecule has 1 N–H and O–H groups in total. The van der Waals surface area contributed by atoms with Gasteiger partial charge in [0.05, 0.1) is 26.0 Å². The van der Waals surface area contributed by atoms with Gasteiger partial charge in [-0.3, -0.25) is 0 Å². The highest BCUT2D eigenvalue weighted by Gasteiger charge is 2.27. The van der Waals surface area contributed by atoms with Gasteiger partial charge in [-0.05, 0) is 38.2 Å². The van der Waals surface area contributed by atoms with Crippen LogP contribution in [0.3, 0.4) is 0 Å². The van der Waals surface area contributed by atoms with Crippen LogP contribution < -0.4 is 9.62 Å². The standard InChI is InChI=1S/C21H31N5O4S2/c1-14(2)17-11-15(3)24-20(25-17)16-5-7-26(8-6-16)21-22-13-19(31-21)32(27,28)23-12-18-29-9-4-10-30-18/h11,13-14,16,18,23H,4-10,12H2,1-3H3. The van der Waals surface area contributed by atoms with E-state index in [0.717, 1.165) is 54.7 Å². The molecule has 0 aromatic carbocycles. The average Bonchev–Trinajstić information content (AvgIpc) is 3.30. The largest absolute Gasteiger partial charge is 0.351 e. The number of anilines is 1. The summed E-state index contributed by atoms with van der Waals surface area (Å²) in [6.45, 7) is 9.16. The maximum atomic E-state index is 12.6. The Kier molecular flexibility index (Phi) is 7.40. The van der Waals surface area contributed by atoms with Crippen LogP contribution >= 0.6 is 11.3 Å². The van der Waals surface area contributed by atoms with E-state index in [1.807, 2.05) is 6.92 Å². The minimum atomic E-state index is -3.65. The first-order valence-electron chi connectivity index (χ1n) is 11.1. The Bertz CT molecular complexity index is 1010. The molecule has 176 valence electrons. The summed E-state index contributed by atoms with van der Waals surface area (Å²) in [7, 11) is -3.65. The molecule has 0 saturated carbocycles. The first-order valence-corrected chi connectivity index (χ1v) is 13.4. The van der Waals surface area contributed by atoms with Gasteiger partial charge in [-0.1, -0.05) is 25.2 Å². The van der Waals surface area contributed by atoms with Crippen molar-refractivity contribution in [3.05, 3.63) is 29.5 Å². The number of aryl methyl sites for hydroxylation is 1. The van der Waals surface area contributed by atoms with Crippen molar-refractivity contribution in [1.29, 1.82) is 0 Å². The highest BCUT2D eigenvalue weighted by molar-refractivity contribution is 7.91. The maximum absolute atomic E-state index is 12.6. The summed E-state index contributed by atoms with van der Waals surface area (Å²) in [5.74, 6) is 1.60. The van der Waals surface area contributed by atoms with E-state index in [1.165, 1.54) is 17.5 Å². The van der Waals surface area contributed by atoms with E-state index in [1.54, 1.807) is 0 Å². The van der Waals surface area contributed by atoms with Crippen LogP contribution in [0, 0.1) is 6.92 Å². The van der Waals surface area contributed by atoms with Gasteiger partial charge in [0.1, 0.15) is 5.82 Å². The molecule has 0 unspecified atom stereocenters. The van der Waals surface area contributed by atoms with E-state index < -0.39 is 16.3 Å². The van der Waals surface area contributed by atoms with Gasteiger partial charge in [-0.2, -0.15) is 0 Å². The molecule has 0 aliphatic carbocycles. The average molecular weight is 482 g/mol. The molecule has 2 fully saturated rings. The molecule has 0 amide bonds. The van der Waals surface area contributed by atoms with Gasteiger partial charge in [0.15, 0.2) is 15.6 Å². The molecule has 4 heterocycles. The second kappa shape index (κ2) is 10.1. The number of hydrogen-bond acceptors (Lipinski definition) is 9. The fraction of sp³-hybridized carbons (Fsp3) is 0.667. The predicted octanol–water partition coefficient (Wildman–Crippen LogP) is 2.79. The molecule has 11 heteroatoms. The van der Waals surface area contributed by atoms with E-state index in [9.17, 15) is 8.42 Å². The van der Waals surface area contributed by atoms with Crippen LogP contribution in [0.4, 0.5) is 5.13 Å². The van der Waals surface area contributed by atoms with Gasteiger partial charge < -0.3 is 14.4 Å². The molecule has 9 nitrogen and oxygen atoms in total. The lowest BCUT2D eigenvalue weighted by atomic mass is 9.95. The van der Waals surface area contributed by atoms with Crippen molar-refractivity contribution in [2.75, 3.05) is 37.7 Å². The summed E-state index contributed by atoms with van der Waals surface area (Å²) in [6, 6.07) is 2.06. The van der Waals surface area contributed by atoms with Crippen molar-refractivity contribution in [3.8, 4) is 0 Å². The number of rotatable bonds is 7. The van der Waals surface area contributed by atoms with Crippen molar-refractivity contribution in [3.63, 3.8) is 0 Å². The van der Waals surface area contributed by atoms with Crippen molar-refractivity contribution < 1.29 is 17.9 Å². The summed E-state index contributed by atoms with van der Waals surface area (Å²) >= 11 is 1.19. The number of piperidine rings is 1. The lowest BCUT2D eigenvalue weighted by Crippen LogP contribution is -2.37. The first-order chi connectivity index (χ1) is 15.3. The number of nitrogens with zero attached hydrogens (tertiary/aromatic N) is 4. The van der Waals surface area contributed by atoms with Crippen molar-refractivity contribution in [1.82, 2.24) is 19.7 Å². The number of nitrogens with one attached hydrogen (secondary N) is 1. The Morgan fingerprint density at radius 1 is 1.22 bits per heavy atom. The summed E-state index contributed by atoms with van der Waals surface area (Å²) in [4.78, 5) is 16.0. The summed E-state index contributed by atoms with van der Waals surface area (Å²) < 4.78 is 38.9. The second-order valence-corrected chi connectivity index (χ2v) is 11.5. The Hall–Kier alpha value is -1.66. The fourth-order valence-corrected chi connectivity index (χ4v) is 6.08. The molecular formula is C21H31N5O4S2.